The molecule has 0 spiro atoms. The Kier molecular flexibility index (Phi) is 6.86. The maximum absolute atomic E-state index is 12.4. The molecule has 8 nitrogen and oxygen atoms in total. The van der Waals surface area contributed by atoms with E-state index in [1.165, 1.54) is 0 Å². The third-order valence-corrected chi connectivity index (χ3v) is 6.35. The van der Waals surface area contributed by atoms with Gasteiger partial charge >= 0.3 is 0 Å². The Labute approximate surface area is 210 Å². The topological polar surface area (TPSA) is 89.7 Å². The molecule has 186 valence electrons. The van der Waals surface area contributed by atoms with E-state index in [-0.39, 0.29) is 18.6 Å². The van der Waals surface area contributed by atoms with Crippen LogP contribution in [0.5, 0.6) is 5.75 Å². The Morgan fingerprint density at radius 2 is 1.94 bits per heavy atom. The van der Waals surface area contributed by atoms with Crippen LogP contribution < -0.4 is 10.1 Å². The molecular formula is C28H30N4O4. The Balaban J connectivity index is 1.28. The van der Waals surface area contributed by atoms with Crippen molar-refractivity contribution in [3.8, 4) is 17.0 Å². The predicted molar refractivity (Wildman–Crippen MR) is 138 cm³/mol. The molecular weight excluding hydrogens is 456 g/mol. The Bertz CT molecular complexity index is 1380. The SMILES string of the molecule is Cc1nc(NC(C)c2cccc(OCC(=O)N3CCOCC3)c2)cc(-c2ccc3occ(C)c3c2)n1. The fourth-order valence-electron chi connectivity index (χ4n) is 4.33. The number of nitrogens with zero attached hydrogens (tertiary/aromatic N) is 3. The van der Waals surface area contributed by atoms with E-state index in [1.54, 1.807) is 11.2 Å². The summed E-state index contributed by atoms with van der Waals surface area (Å²) >= 11 is 0. The predicted octanol–water partition coefficient (Wildman–Crippen LogP) is 4.92. The number of aromatic nitrogens is 2. The first-order chi connectivity index (χ1) is 17.5. The number of fused-ring (bicyclic) bond motifs is 1. The zero-order valence-corrected chi connectivity index (χ0v) is 20.8. The summed E-state index contributed by atoms with van der Waals surface area (Å²) in [7, 11) is 0. The van der Waals surface area contributed by atoms with Crippen LogP contribution in [-0.4, -0.2) is 53.7 Å². The van der Waals surface area contributed by atoms with Gasteiger partial charge in [-0.15, -0.1) is 0 Å². The number of rotatable bonds is 7. The highest BCUT2D eigenvalue weighted by Crippen LogP contribution is 2.29. The van der Waals surface area contributed by atoms with Gasteiger partial charge in [-0.2, -0.15) is 0 Å². The standard InChI is InChI=1S/C28H30N4O4/c1-18-16-36-26-8-7-22(14-24(18)26)25-15-27(31-20(3)30-25)29-19(2)21-5-4-6-23(13-21)35-17-28(33)32-9-11-34-12-10-32/h4-8,13-16,19H,9-12,17H2,1-3H3,(H,29,30,31). The van der Waals surface area contributed by atoms with E-state index in [4.69, 9.17) is 13.9 Å². The summed E-state index contributed by atoms with van der Waals surface area (Å²) in [5, 5.41) is 4.56. The molecule has 0 saturated carbocycles. The highest BCUT2D eigenvalue weighted by Gasteiger charge is 2.17. The monoisotopic (exact) mass is 486 g/mol. The van der Waals surface area contributed by atoms with Gasteiger partial charge in [0.25, 0.3) is 5.91 Å². The van der Waals surface area contributed by atoms with Gasteiger partial charge in [0.1, 0.15) is 23.0 Å². The average Bonchev–Trinajstić information content (AvgIpc) is 3.27. The van der Waals surface area contributed by atoms with Crippen molar-refractivity contribution in [1.82, 2.24) is 14.9 Å². The number of carbonyl (C=O) groups excluding carboxylic acids is 1. The van der Waals surface area contributed by atoms with E-state index in [0.29, 0.717) is 37.9 Å². The first-order valence-electron chi connectivity index (χ1n) is 12.1. The van der Waals surface area contributed by atoms with Gasteiger partial charge in [0.15, 0.2) is 6.61 Å². The zero-order chi connectivity index (χ0) is 25.1. The normalized spacial score (nSPS) is 14.6. The lowest BCUT2D eigenvalue weighted by atomic mass is 10.1. The molecule has 36 heavy (non-hydrogen) atoms. The Hall–Kier alpha value is -3.91. The molecule has 2 aromatic heterocycles. The number of aryl methyl sites for hydroxylation is 2. The van der Waals surface area contributed by atoms with Crippen molar-refractivity contribution in [2.75, 3.05) is 38.2 Å². The highest BCUT2D eigenvalue weighted by molar-refractivity contribution is 5.85. The van der Waals surface area contributed by atoms with Crippen LogP contribution in [0.4, 0.5) is 5.82 Å². The first kappa shape index (κ1) is 23.8. The molecule has 8 heteroatoms. The number of morpholine rings is 1. The van der Waals surface area contributed by atoms with E-state index in [9.17, 15) is 4.79 Å². The zero-order valence-electron chi connectivity index (χ0n) is 20.8. The smallest absolute Gasteiger partial charge is 0.260 e. The largest absolute Gasteiger partial charge is 0.484 e. The number of furan rings is 1. The minimum atomic E-state index is -0.0377. The molecule has 3 heterocycles. The summed E-state index contributed by atoms with van der Waals surface area (Å²) in [4.78, 5) is 23.4. The van der Waals surface area contributed by atoms with Crippen molar-refractivity contribution in [2.45, 2.75) is 26.8 Å². The molecule has 1 unspecified atom stereocenters. The summed E-state index contributed by atoms with van der Waals surface area (Å²) in [6.45, 7) is 8.37. The molecule has 1 N–H and O–H groups in total. The second-order valence-corrected chi connectivity index (χ2v) is 9.04. The summed E-state index contributed by atoms with van der Waals surface area (Å²) in [5.41, 5.74) is 4.84. The van der Waals surface area contributed by atoms with E-state index in [2.05, 4.69) is 28.3 Å². The molecule has 1 aliphatic rings. The van der Waals surface area contributed by atoms with Gasteiger partial charge in [0.2, 0.25) is 0 Å². The number of amides is 1. The Morgan fingerprint density at radius 3 is 2.78 bits per heavy atom. The summed E-state index contributed by atoms with van der Waals surface area (Å²) in [6, 6.07) is 15.8. The number of anilines is 1. The molecule has 4 aromatic rings. The third kappa shape index (κ3) is 5.33. The fourth-order valence-corrected chi connectivity index (χ4v) is 4.33. The van der Waals surface area contributed by atoms with Gasteiger partial charge in [-0.05, 0) is 62.2 Å². The van der Waals surface area contributed by atoms with Gasteiger partial charge in [0, 0.05) is 30.1 Å². The van der Waals surface area contributed by atoms with Crippen LogP contribution >= 0.6 is 0 Å². The number of hydrogen-bond donors (Lipinski definition) is 1. The van der Waals surface area contributed by atoms with Crippen molar-refractivity contribution < 1.29 is 18.7 Å². The average molecular weight is 487 g/mol. The first-order valence-corrected chi connectivity index (χ1v) is 12.1. The van der Waals surface area contributed by atoms with Crippen molar-refractivity contribution in [3.63, 3.8) is 0 Å². The van der Waals surface area contributed by atoms with Gasteiger partial charge in [-0.25, -0.2) is 9.97 Å². The van der Waals surface area contributed by atoms with Crippen molar-refractivity contribution in [3.05, 3.63) is 71.7 Å². The lowest BCUT2D eigenvalue weighted by molar-refractivity contribution is -0.137. The van der Waals surface area contributed by atoms with Crippen LogP contribution in [0, 0.1) is 13.8 Å². The van der Waals surface area contributed by atoms with Crippen LogP contribution in [0.15, 0.2) is 59.2 Å². The Morgan fingerprint density at radius 1 is 1.11 bits per heavy atom. The van der Waals surface area contributed by atoms with E-state index in [1.807, 2.05) is 56.3 Å². The van der Waals surface area contributed by atoms with Gasteiger partial charge in [-0.1, -0.05) is 12.1 Å². The number of nitrogens with one attached hydrogen (secondary N) is 1. The fraction of sp³-hybridized carbons (Fsp3) is 0.321. The number of ether oxygens (including phenoxy) is 2. The second kappa shape index (κ2) is 10.4. The third-order valence-electron chi connectivity index (χ3n) is 6.35. The van der Waals surface area contributed by atoms with Crippen LogP contribution in [0.2, 0.25) is 0 Å². The summed E-state index contributed by atoms with van der Waals surface area (Å²) < 4.78 is 16.7. The molecule has 0 aliphatic carbocycles. The summed E-state index contributed by atoms with van der Waals surface area (Å²) in [6.07, 6.45) is 1.77. The quantitative estimate of drug-likeness (QED) is 0.397. The van der Waals surface area contributed by atoms with Gasteiger partial charge in [0.05, 0.1) is 31.2 Å². The van der Waals surface area contributed by atoms with Crippen LogP contribution in [0.25, 0.3) is 22.2 Å². The molecule has 1 amide bonds. The van der Waals surface area contributed by atoms with Crippen LogP contribution in [-0.2, 0) is 9.53 Å². The van der Waals surface area contributed by atoms with Gasteiger partial charge < -0.3 is 24.1 Å². The number of carbonyl (C=O) groups is 1. The second-order valence-electron chi connectivity index (χ2n) is 9.04. The van der Waals surface area contributed by atoms with Crippen molar-refractivity contribution in [1.29, 1.82) is 0 Å². The molecule has 1 atom stereocenters. The lowest BCUT2D eigenvalue weighted by Gasteiger charge is -2.26. The number of hydrogen-bond acceptors (Lipinski definition) is 7. The van der Waals surface area contributed by atoms with Crippen LogP contribution in [0.1, 0.15) is 29.9 Å². The summed E-state index contributed by atoms with van der Waals surface area (Å²) in [5.74, 6) is 2.06. The lowest BCUT2D eigenvalue weighted by Crippen LogP contribution is -2.42. The minimum Gasteiger partial charge on any atom is -0.484 e. The van der Waals surface area contributed by atoms with Gasteiger partial charge in [-0.3, -0.25) is 4.79 Å². The van der Waals surface area contributed by atoms with E-state index < -0.39 is 0 Å². The molecule has 5 rings (SSSR count). The maximum Gasteiger partial charge on any atom is 0.260 e. The minimum absolute atomic E-state index is 0.0141. The molecule has 0 radical (unpaired) electrons. The molecule has 2 aromatic carbocycles. The van der Waals surface area contributed by atoms with Crippen molar-refractivity contribution in [2.24, 2.45) is 0 Å². The van der Waals surface area contributed by atoms with Crippen LogP contribution in [0.3, 0.4) is 0 Å². The number of benzene rings is 2. The van der Waals surface area contributed by atoms with E-state index >= 15 is 0 Å². The molecule has 1 aliphatic heterocycles. The van der Waals surface area contributed by atoms with Crippen molar-refractivity contribution >= 4 is 22.7 Å². The maximum atomic E-state index is 12.4. The highest BCUT2D eigenvalue weighted by atomic mass is 16.5. The molecule has 1 fully saturated rings. The molecule has 0 bridgehead atoms. The van der Waals surface area contributed by atoms with E-state index in [0.717, 1.165) is 39.2 Å². The molecule has 1 saturated heterocycles.